The lowest BCUT2D eigenvalue weighted by Crippen LogP contribution is -1.94. The molecule has 0 saturated carbocycles. The first kappa shape index (κ1) is 10.8. The first-order valence-corrected chi connectivity index (χ1v) is 5.74. The van der Waals surface area contributed by atoms with E-state index in [4.69, 9.17) is 0 Å². The van der Waals surface area contributed by atoms with Gasteiger partial charge in [-0.05, 0) is 35.9 Å². The number of hydrogen-bond donors (Lipinski definition) is 1. The first-order chi connectivity index (χ1) is 8.65. The van der Waals surface area contributed by atoms with Crippen molar-refractivity contribution in [3.8, 4) is 17.1 Å². The van der Waals surface area contributed by atoms with Crippen molar-refractivity contribution in [1.82, 2.24) is 14.8 Å². The van der Waals surface area contributed by atoms with E-state index in [1.54, 1.807) is 12.1 Å². The van der Waals surface area contributed by atoms with Crippen molar-refractivity contribution in [3.05, 3.63) is 42.2 Å². The fourth-order valence-electron chi connectivity index (χ4n) is 2.03. The van der Waals surface area contributed by atoms with Crippen LogP contribution in [0.1, 0.15) is 5.82 Å². The maximum atomic E-state index is 9.44. The molecule has 1 heterocycles. The Morgan fingerprint density at radius 1 is 1.00 bits per heavy atom. The van der Waals surface area contributed by atoms with E-state index in [2.05, 4.69) is 16.3 Å². The standard InChI is InChI=1S/C14H13N3O/c1-9-15-16-14(17(9)2)12-4-3-11-8-13(18)6-5-10(11)7-12/h3-8,18H,1-2H3. The van der Waals surface area contributed by atoms with E-state index in [9.17, 15) is 5.11 Å². The number of aromatic nitrogens is 3. The summed E-state index contributed by atoms with van der Waals surface area (Å²) in [5.74, 6) is 2.02. The van der Waals surface area contributed by atoms with Crippen LogP contribution in [-0.4, -0.2) is 19.9 Å². The van der Waals surface area contributed by atoms with Crippen molar-refractivity contribution in [1.29, 1.82) is 0 Å². The van der Waals surface area contributed by atoms with Gasteiger partial charge in [0.2, 0.25) is 0 Å². The molecule has 2 aromatic carbocycles. The summed E-state index contributed by atoms with van der Waals surface area (Å²) in [5.41, 5.74) is 1.02. The van der Waals surface area contributed by atoms with Crippen molar-refractivity contribution in [2.45, 2.75) is 6.92 Å². The third-order valence-electron chi connectivity index (χ3n) is 3.17. The van der Waals surface area contributed by atoms with Gasteiger partial charge in [-0.25, -0.2) is 0 Å². The zero-order valence-corrected chi connectivity index (χ0v) is 10.3. The Balaban J connectivity index is 2.19. The second kappa shape index (κ2) is 3.84. The molecule has 0 aliphatic rings. The Labute approximate surface area is 105 Å². The van der Waals surface area contributed by atoms with Gasteiger partial charge in [0.05, 0.1) is 0 Å². The first-order valence-electron chi connectivity index (χ1n) is 5.74. The van der Waals surface area contributed by atoms with Crippen molar-refractivity contribution < 1.29 is 5.11 Å². The molecular formula is C14H13N3O. The van der Waals surface area contributed by atoms with Crippen molar-refractivity contribution in [2.24, 2.45) is 7.05 Å². The predicted molar refractivity (Wildman–Crippen MR) is 70.3 cm³/mol. The highest BCUT2D eigenvalue weighted by Crippen LogP contribution is 2.25. The number of nitrogens with zero attached hydrogens (tertiary/aromatic N) is 3. The summed E-state index contributed by atoms with van der Waals surface area (Å²) >= 11 is 0. The van der Waals surface area contributed by atoms with E-state index >= 15 is 0 Å². The fourth-order valence-corrected chi connectivity index (χ4v) is 2.03. The van der Waals surface area contributed by atoms with Gasteiger partial charge in [-0.1, -0.05) is 18.2 Å². The van der Waals surface area contributed by atoms with Crippen LogP contribution < -0.4 is 0 Å². The Hall–Kier alpha value is -2.36. The van der Waals surface area contributed by atoms with E-state index in [1.807, 2.05) is 36.7 Å². The Morgan fingerprint density at radius 3 is 2.44 bits per heavy atom. The Kier molecular flexibility index (Phi) is 2.30. The second-order valence-electron chi connectivity index (χ2n) is 4.38. The average Bonchev–Trinajstić information content (AvgIpc) is 2.69. The number of hydrogen-bond acceptors (Lipinski definition) is 3. The lowest BCUT2D eigenvalue weighted by atomic mass is 10.1. The molecule has 3 rings (SSSR count). The summed E-state index contributed by atoms with van der Waals surface area (Å²) in [6, 6.07) is 11.4. The highest BCUT2D eigenvalue weighted by Gasteiger charge is 2.08. The molecule has 0 bridgehead atoms. The number of benzene rings is 2. The molecule has 3 aromatic rings. The molecule has 18 heavy (non-hydrogen) atoms. The van der Waals surface area contributed by atoms with Gasteiger partial charge < -0.3 is 9.67 Å². The van der Waals surface area contributed by atoms with Crippen LogP contribution in [0.5, 0.6) is 5.75 Å². The Morgan fingerprint density at radius 2 is 1.72 bits per heavy atom. The summed E-state index contributed by atoms with van der Waals surface area (Å²) in [6.45, 7) is 1.93. The van der Waals surface area contributed by atoms with E-state index < -0.39 is 0 Å². The molecule has 0 fully saturated rings. The van der Waals surface area contributed by atoms with Gasteiger partial charge in [0.1, 0.15) is 11.6 Å². The molecule has 1 aromatic heterocycles. The number of fused-ring (bicyclic) bond motifs is 1. The number of phenols is 1. The van der Waals surface area contributed by atoms with Gasteiger partial charge >= 0.3 is 0 Å². The van der Waals surface area contributed by atoms with Crippen LogP contribution in [0, 0.1) is 6.92 Å². The van der Waals surface area contributed by atoms with Crippen LogP contribution in [0.15, 0.2) is 36.4 Å². The quantitative estimate of drug-likeness (QED) is 0.710. The van der Waals surface area contributed by atoms with Crippen molar-refractivity contribution in [3.63, 3.8) is 0 Å². The fraction of sp³-hybridized carbons (Fsp3) is 0.143. The highest BCUT2D eigenvalue weighted by atomic mass is 16.3. The molecule has 0 aliphatic heterocycles. The SMILES string of the molecule is Cc1nnc(-c2ccc3cc(O)ccc3c2)n1C. The molecule has 0 atom stereocenters. The third-order valence-corrected chi connectivity index (χ3v) is 3.17. The maximum Gasteiger partial charge on any atom is 0.163 e. The molecular weight excluding hydrogens is 226 g/mol. The lowest BCUT2D eigenvalue weighted by molar-refractivity contribution is 0.476. The van der Waals surface area contributed by atoms with Gasteiger partial charge in [-0.15, -0.1) is 10.2 Å². The second-order valence-corrected chi connectivity index (χ2v) is 4.38. The highest BCUT2D eigenvalue weighted by molar-refractivity contribution is 5.87. The number of phenolic OH excluding ortho intramolecular Hbond substituents is 1. The van der Waals surface area contributed by atoms with Crippen molar-refractivity contribution in [2.75, 3.05) is 0 Å². The smallest absolute Gasteiger partial charge is 0.163 e. The topological polar surface area (TPSA) is 50.9 Å². The molecule has 0 radical (unpaired) electrons. The van der Waals surface area contributed by atoms with E-state index in [0.717, 1.165) is 28.0 Å². The summed E-state index contributed by atoms with van der Waals surface area (Å²) in [4.78, 5) is 0. The summed E-state index contributed by atoms with van der Waals surface area (Å²) in [5, 5.41) is 19.8. The van der Waals surface area contributed by atoms with E-state index in [0.29, 0.717) is 0 Å². The van der Waals surface area contributed by atoms with Crippen LogP contribution in [0.3, 0.4) is 0 Å². The zero-order chi connectivity index (χ0) is 12.7. The van der Waals surface area contributed by atoms with E-state index in [-0.39, 0.29) is 5.75 Å². The van der Waals surface area contributed by atoms with Gasteiger partial charge in [-0.3, -0.25) is 0 Å². The largest absolute Gasteiger partial charge is 0.508 e. The molecule has 0 unspecified atom stereocenters. The summed E-state index contributed by atoms with van der Waals surface area (Å²) in [6.07, 6.45) is 0. The van der Waals surface area contributed by atoms with E-state index in [1.165, 1.54) is 0 Å². The van der Waals surface area contributed by atoms with Gasteiger partial charge in [0, 0.05) is 12.6 Å². The van der Waals surface area contributed by atoms with Crippen LogP contribution in [-0.2, 0) is 7.05 Å². The molecule has 90 valence electrons. The van der Waals surface area contributed by atoms with Crippen LogP contribution >= 0.6 is 0 Å². The zero-order valence-electron chi connectivity index (χ0n) is 10.3. The number of aromatic hydroxyl groups is 1. The van der Waals surface area contributed by atoms with Crippen LogP contribution in [0.2, 0.25) is 0 Å². The molecule has 4 nitrogen and oxygen atoms in total. The third kappa shape index (κ3) is 1.62. The molecule has 0 saturated heterocycles. The van der Waals surface area contributed by atoms with Crippen LogP contribution in [0.25, 0.3) is 22.2 Å². The predicted octanol–water partition coefficient (Wildman–Crippen LogP) is 2.65. The molecule has 1 N–H and O–H groups in total. The molecule has 0 spiro atoms. The molecule has 0 aliphatic carbocycles. The van der Waals surface area contributed by atoms with Crippen molar-refractivity contribution >= 4 is 10.8 Å². The van der Waals surface area contributed by atoms with Gasteiger partial charge in [0.25, 0.3) is 0 Å². The maximum absolute atomic E-state index is 9.44. The average molecular weight is 239 g/mol. The summed E-state index contributed by atoms with van der Waals surface area (Å²) in [7, 11) is 1.95. The minimum Gasteiger partial charge on any atom is -0.508 e. The molecule has 0 amide bonds. The number of rotatable bonds is 1. The number of aryl methyl sites for hydroxylation is 1. The molecule has 4 heteroatoms. The minimum atomic E-state index is 0.282. The normalized spacial score (nSPS) is 11.0. The van der Waals surface area contributed by atoms with Crippen LogP contribution in [0.4, 0.5) is 0 Å². The summed E-state index contributed by atoms with van der Waals surface area (Å²) < 4.78 is 1.96. The monoisotopic (exact) mass is 239 g/mol. The van der Waals surface area contributed by atoms with Gasteiger partial charge in [0.15, 0.2) is 5.82 Å². The Bertz CT molecular complexity index is 731. The van der Waals surface area contributed by atoms with Gasteiger partial charge in [-0.2, -0.15) is 0 Å². The minimum absolute atomic E-state index is 0.282. The lowest BCUT2D eigenvalue weighted by Gasteiger charge is -2.04.